The standard InChI is InChI=1S/C17H13N3O2S2/c1-2-22-16(21)13-7-10-14(19-17(18)20-15(10)24-13)11-8-23-12-6-4-3-5-9(11)12/h3-8H,2H2,1H3,(H2,18,19,20). The van der Waals surface area contributed by atoms with Gasteiger partial charge >= 0.3 is 5.97 Å². The van der Waals surface area contributed by atoms with E-state index >= 15 is 0 Å². The Morgan fingerprint density at radius 3 is 2.92 bits per heavy atom. The van der Waals surface area contributed by atoms with Gasteiger partial charge in [-0.3, -0.25) is 0 Å². The van der Waals surface area contributed by atoms with Crippen LogP contribution in [-0.2, 0) is 4.74 Å². The molecule has 24 heavy (non-hydrogen) atoms. The summed E-state index contributed by atoms with van der Waals surface area (Å²) in [6.45, 7) is 2.12. The van der Waals surface area contributed by atoms with E-state index in [0.29, 0.717) is 16.3 Å². The molecule has 3 heterocycles. The van der Waals surface area contributed by atoms with Gasteiger partial charge in [0.05, 0.1) is 12.3 Å². The molecular formula is C17H13N3O2S2. The highest BCUT2D eigenvalue weighted by molar-refractivity contribution is 7.20. The van der Waals surface area contributed by atoms with Gasteiger partial charge in [-0.1, -0.05) is 18.2 Å². The summed E-state index contributed by atoms with van der Waals surface area (Å²) in [5.74, 6) is -0.148. The van der Waals surface area contributed by atoms with E-state index < -0.39 is 0 Å². The number of nitrogens with zero attached hydrogens (tertiary/aromatic N) is 2. The Balaban J connectivity index is 1.96. The summed E-state index contributed by atoms with van der Waals surface area (Å²) in [4.78, 5) is 21.9. The molecule has 0 radical (unpaired) electrons. The molecule has 7 heteroatoms. The van der Waals surface area contributed by atoms with E-state index in [9.17, 15) is 4.79 Å². The van der Waals surface area contributed by atoms with Gasteiger partial charge in [-0.15, -0.1) is 22.7 Å². The molecule has 0 aliphatic rings. The Labute approximate surface area is 145 Å². The Kier molecular flexibility index (Phi) is 3.66. The second-order valence-electron chi connectivity index (χ2n) is 5.13. The fourth-order valence-electron chi connectivity index (χ4n) is 2.61. The maximum Gasteiger partial charge on any atom is 0.348 e. The first-order valence-electron chi connectivity index (χ1n) is 7.38. The van der Waals surface area contributed by atoms with Crippen LogP contribution in [0.5, 0.6) is 0 Å². The third-order valence-corrected chi connectivity index (χ3v) is 5.60. The number of benzene rings is 1. The number of nitrogens with two attached hydrogens (primary N) is 1. The highest BCUT2D eigenvalue weighted by Gasteiger charge is 2.18. The molecule has 5 nitrogen and oxygen atoms in total. The third-order valence-electron chi connectivity index (χ3n) is 3.62. The molecule has 0 bridgehead atoms. The van der Waals surface area contributed by atoms with E-state index in [1.54, 1.807) is 24.3 Å². The van der Waals surface area contributed by atoms with Crippen LogP contribution in [0.1, 0.15) is 16.6 Å². The molecule has 0 aliphatic carbocycles. The highest BCUT2D eigenvalue weighted by atomic mass is 32.1. The number of carbonyl (C=O) groups is 1. The number of hydrogen-bond donors (Lipinski definition) is 1. The number of rotatable bonds is 3. The van der Waals surface area contributed by atoms with Gasteiger partial charge in [0, 0.05) is 26.4 Å². The average molecular weight is 355 g/mol. The molecular weight excluding hydrogens is 342 g/mol. The number of fused-ring (bicyclic) bond motifs is 2. The van der Waals surface area contributed by atoms with E-state index in [1.165, 1.54) is 16.0 Å². The summed E-state index contributed by atoms with van der Waals surface area (Å²) in [5, 5.41) is 4.00. The number of esters is 1. The van der Waals surface area contributed by atoms with Gasteiger partial charge in [-0.05, 0) is 19.1 Å². The lowest BCUT2D eigenvalue weighted by Gasteiger charge is -2.02. The maximum atomic E-state index is 12.0. The Bertz CT molecular complexity index is 1070. The minimum Gasteiger partial charge on any atom is -0.462 e. The van der Waals surface area contributed by atoms with Crippen molar-refractivity contribution in [3.05, 3.63) is 40.6 Å². The molecule has 4 aromatic rings. The predicted octanol–water partition coefficient (Wildman–Crippen LogP) is 4.33. The Morgan fingerprint density at radius 1 is 1.25 bits per heavy atom. The zero-order valence-electron chi connectivity index (χ0n) is 12.8. The van der Waals surface area contributed by atoms with E-state index in [1.807, 2.05) is 12.1 Å². The number of thiophene rings is 2. The van der Waals surface area contributed by atoms with E-state index in [2.05, 4.69) is 27.5 Å². The van der Waals surface area contributed by atoms with Crippen molar-refractivity contribution in [2.45, 2.75) is 6.92 Å². The summed E-state index contributed by atoms with van der Waals surface area (Å²) in [6, 6.07) is 9.93. The molecule has 1 aromatic carbocycles. The Morgan fingerprint density at radius 2 is 2.08 bits per heavy atom. The van der Waals surface area contributed by atoms with Crippen LogP contribution >= 0.6 is 22.7 Å². The maximum absolute atomic E-state index is 12.0. The quantitative estimate of drug-likeness (QED) is 0.553. The van der Waals surface area contributed by atoms with Crippen LogP contribution in [0, 0.1) is 0 Å². The lowest BCUT2D eigenvalue weighted by Crippen LogP contribution is -2.01. The van der Waals surface area contributed by atoms with E-state index in [4.69, 9.17) is 10.5 Å². The van der Waals surface area contributed by atoms with Crippen molar-refractivity contribution in [2.24, 2.45) is 0 Å². The molecule has 0 aliphatic heterocycles. The molecule has 4 rings (SSSR count). The number of ether oxygens (including phenoxy) is 1. The molecule has 0 unspecified atom stereocenters. The summed E-state index contributed by atoms with van der Waals surface area (Å²) in [6.07, 6.45) is 0. The molecule has 0 spiro atoms. The van der Waals surface area contributed by atoms with Crippen LogP contribution in [0.2, 0.25) is 0 Å². The van der Waals surface area contributed by atoms with Crippen molar-refractivity contribution in [3.8, 4) is 11.3 Å². The van der Waals surface area contributed by atoms with E-state index in [0.717, 1.165) is 22.0 Å². The van der Waals surface area contributed by atoms with Crippen molar-refractivity contribution >= 4 is 54.9 Å². The van der Waals surface area contributed by atoms with Gasteiger partial charge in [0.15, 0.2) is 0 Å². The lowest BCUT2D eigenvalue weighted by molar-refractivity contribution is 0.0532. The van der Waals surface area contributed by atoms with Crippen LogP contribution in [0.4, 0.5) is 5.95 Å². The van der Waals surface area contributed by atoms with Gasteiger partial charge < -0.3 is 10.5 Å². The van der Waals surface area contributed by atoms with Gasteiger partial charge in [0.25, 0.3) is 0 Å². The second-order valence-corrected chi connectivity index (χ2v) is 7.07. The van der Waals surface area contributed by atoms with Gasteiger partial charge in [-0.2, -0.15) is 0 Å². The van der Waals surface area contributed by atoms with Crippen molar-refractivity contribution in [3.63, 3.8) is 0 Å². The fraction of sp³-hybridized carbons (Fsp3) is 0.118. The van der Waals surface area contributed by atoms with Crippen LogP contribution in [0.25, 0.3) is 31.6 Å². The molecule has 0 saturated carbocycles. The number of aromatic nitrogens is 2. The number of nitrogen functional groups attached to an aromatic ring is 1. The summed E-state index contributed by atoms with van der Waals surface area (Å²) < 4.78 is 6.26. The predicted molar refractivity (Wildman–Crippen MR) is 98.6 cm³/mol. The minimum atomic E-state index is -0.347. The molecule has 3 aromatic heterocycles. The molecule has 2 N–H and O–H groups in total. The van der Waals surface area contributed by atoms with Crippen molar-refractivity contribution < 1.29 is 9.53 Å². The van der Waals surface area contributed by atoms with Gasteiger partial charge in [0.2, 0.25) is 5.95 Å². The first-order valence-corrected chi connectivity index (χ1v) is 9.07. The monoisotopic (exact) mass is 355 g/mol. The van der Waals surface area contributed by atoms with Crippen LogP contribution in [0.3, 0.4) is 0 Å². The smallest absolute Gasteiger partial charge is 0.348 e. The normalized spacial score (nSPS) is 11.2. The largest absolute Gasteiger partial charge is 0.462 e. The summed E-state index contributed by atoms with van der Waals surface area (Å²) >= 11 is 2.93. The topological polar surface area (TPSA) is 78.1 Å². The molecule has 0 saturated heterocycles. The van der Waals surface area contributed by atoms with Crippen LogP contribution in [0.15, 0.2) is 35.7 Å². The van der Waals surface area contributed by atoms with Crippen molar-refractivity contribution in [2.75, 3.05) is 12.3 Å². The summed E-state index contributed by atoms with van der Waals surface area (Å²) in [7, 11) is 0. The third kappa shape index (κ3) is 2.42. The number of hydrogen-bond acceptors (Lipinski definition) is 7. The van der Waals surface area contributed by atoms with Crippen LogP contribution < -0.4 is 5.73 Å². The average Bonchev–Trinajstić information content (AvgIpc) is 3.18. The zero-order valence-corrected chi connectivity index (χ0v) is 14.4. The Hall–Kier alpha value is -2.51. The van der Waals surface area contributed by atoms with Gasteiger partial charge in [0.1, 0.15) is 9.71 Å². The zero-order chi connectivity index (χ0) is 16.7. The number of carbonyl (C=O) groups excluding carboxylic acids is 1. The number of anilines is 1. The van der Waals surface area contributed by atoms with Crippen molar-refractivity contribution in [1.29, 1.82) is 0 Å². The fourth-order valence-corrected chi connectivity index (χ4v) is 4.48. The van der Waals surface area contributed by atoms with E-state index in [-0.39, 0.29) is 11.9 Å². The molecule has 0 amide bonds. The lowest BCUT2D eigenvalue weighted by atomic mass is 10.1. The minimum absolute atomic E-state index is 0.199. The first kappa shape index (κ1) is 15.0. The summed E-state index contributed by atoms with van der Waals surface area (Å²) in [5.41, 5.74) is 7.64. The molecule has 0 atom stereocenters. The first-order chi connectivity index (χ1) is 11.7. The van der Waals surface area contributed by atoms with Gasteiger partial charge in [-0.25, -0.2) is 14.8 Å². The van der Waals surface area contributed by atoms with Crippen LogP contribution in [-0.4, -0.2) is 22.5 Å². The molecule has 0 fully saturated rings. The van der Waals surface area contributed by atoms with Crippen molar-refractivity contribution in [1.82, 2.24) is 9.97 Å². The molecule has 120 valence electrons. The SMILES string of the molecule is CCOC(=O)c1cc2c(-c3csc4ccccc34)nc(N)nc2s1. The second kappa shape index (κ2) is 5.85. The highest BCUT2D eigenvalue weighted by Crippen LogP contribution is 2.38.